The maximum absolute atomic E-state index is 14.5. The van der Waals surface area contributed by atoms with Crippen molar-refractivity contribution in [3.63, 3.8) is 0 Å². The molecule has 2 atom stereocenters. The van der Waals surface area contributed by atoms with Crippen LogP contribution >= 0.6 is 0 Å². The van der Waals surface area contributed by atoms with Gasteiger partial charge >= 0.3 is 5.69 Å². The van der Waals surface area contributed by atoms with Gasteiger partial charge < -0.3 is 15.4 Å². The fourth-order valence-corrected chi connectivity index (χ4v) is 3.42. The molecule has 1 aromatic carbocycles. The molecule has 0 aliphatic carbocycles. The zero-order valence-corrected chi connectivity index (χ0v) is 17.4. The van der Waals surface area contributed by atoms with Crippen molar-refractivity contribution in [2.75, 3.05) is 0 Å². The number of pyridine rings is 1. The Balaban J connectivity index is 2.08. The minimum Gasteiger partial charge on any atom is -0.507 e. The van der Waals surface area contributed by atoms with E-state index in [2.05, 4.69) is 15.3 Å². The van der Waals surface area contributed by atoms with E-state index in [0.29, 0.717) is 10.6 Å². The summed E-state index contributed by atoms with van der Waals surface area (Å²) in [5, 5.41) is 12.2. The summed E-state index contributed by atoms with van der Waals surface area (Å²) in [5.74, 6) is -3.31. The minimum atomic E-state index is -1.98. The van der Waals surface area contributed by atoms with Crippen LogP contribution in [-0.4, -0.2) is 31.2 Å². The molecule has 0 fully saturated rings. The number of fused-ring (bicyclic) bond motifs is 1. The minimum absolute atomic E-state index is 0.0425. The monoisotopic (exact) mass is 450 g/mol. The third kappa shape index (κ3) is 4.66. The molecule has 1 unspecified atom stereocenters. The fourth-order valence-electron chi connectivity index (χ4n) is 3.42. The number of phenols is 1. The molecule has 0 saturated carbocycles. The first-order valence-electron chi connectivity index (χ1n) is 9.66. The topological polar surface area (TPSA) is 117 Å². The van der Waals surface area contributed by atoms with Gasteiger partial charge in [0.2, 0.25) is 5.91 Å². The van der Waals surface area contributed by atoms with Crippen molar-refractivity contribution >= 4 is 16.8 Å². The van der Waals surface area contributed by atoms with E-state index in [-0.39, 0.29) is 16.6 Å². The second-order valence-electron chi connectivity index (χ2n) is 7.99. The van der Waals surface area contributed by atoms with Crippen molar-refractivity contribution in [1.29, 1.82) is 0 Å². The van der Waals surface area contributed by atoms with Crippen molar-refractivity contribution in [3.05, 3.63) is 68.6 Å². The quantitative estimate of drug-likeness (QED) is 0.534. The number of aromatic hydroxyl groups is 1. The third-order valence-corrected chi connectivity index (χ3v) is 4.83. The molecular weight excluding hydrogens is 429 g/mol. The molecule has 1 amide bonds. The number of hydrogen-bond acceptors (Lipinski definition) is 5. The van der Waals surface area contributed by atoms with Gasteiger partial charge in [0.25, 0.3) is 5.56 Å². The SMILES string of the molecule is C[C@@H](NC(=O)C(CC(C)(C)F)n1c(=O)[nH]c2cccc(O)c2c1=O)c1ncc(F)cc1F. The summed E-state index contributed by atoms with van der Waals surface area (Å²) in [4.78, 5) is 44.7. The van der Waals surface area contributed by atoms with Gasteiger partial charge in [0.1, 0.15) is 34.5 Å². The van der Waals surface area contributed by atoms with Gasteiger partial charge in [-0.05, 0) is 32.9 Å². The average Bonchev–Trinajstić information content (AvgIpc) is 2.65. The molecule has 0 spiro atoms. The van der Waals surface area contributed by atoms with Crippen LogP contribution in [0.1, 0.15) is 45.0 Å². The van der Waals surface area contributed by atoms with Gasteiger partial charge in [-0.25, -0.2) is 22.5 Å². The lowest BCUT2D eigenvalue weighted by molar-refractivity contribution is -0.126. The van der Waals surface area contributed by atoms with E-state index >= 15 is 0 Å². The van der Waals surface area contributed by atoms with Crippen LogP contribution in [0.25, 0.3) is 10.9 Å². The maximum atomic E-state index is 14.5. The van der Waals surface area contributed by atoms with E-state index in [1.807, 2.05) is 0 Å². The number of carbonyl (C=O) groups is 1. The largest absolute Gasteiger partial charge is 0.507 e. The standard InChI is InChI=1S/C21H21F3N4O4/c1-10(17-12(23)7-11(22)9-25-17)26-18(30)14(8-21(2,3)24)28-19(31)16-13(27-20(28)32)5-4-6-15(16)29/h4-7,9-10,14,29H,8H2,1-3H3,(H,26,30)(H,27,32)/t10-,14?/m1/s1. The average molecular weight is 450 g/mol. The smallest absolute Gasteiger partial charge is 0.329 e. The lowest BCUT2D eigenvalue weighted by atomic mass is 9.99. The van der Waals surface area contributed by atoms with E-state index in [1.54, 1.807) is 0 Å². The van der Waals surface area contributed by atoms with Gasteiger partial charge in [-0.3, -0.25) is 14.6 Å². The van der Waals surface area contributed by atoms with E-state index in [0.717, 1.165) is 20.0 Å². The number of aromatic amines is 1. The van der Waals surface area contributed by atoms with Crippen LogP contribution < -0.4 is 16.6 Å². The predicted octanol–water partition coefficient (Wildman–Crippen LogP) is 2.63. The number of benzene rings is 1. The molecule has 3 N–H and O–H groups in total. The molecule has 0 aliphatic rings. The number of carbonyl (C=O) groups excluding carboxylic acids is 1. The molecular formula is C21H21F3N4O4. The molecule has 0 saturated heterocycles. The van der Waals surface area contributed by atoms with Crippen molar-refractivity contribution in [3.8, 4) is 5.75 Å². The number of alkyl halides is 1. The molecule has 170 valence electrons. The lowest BCUT2D eigenvalue weighted by Crippen LogP contribution is -2.46. The Morgan fingerprint density at radius 3 is 2.62 bits per heavy atom. The highest BCUT2D eigenvalue weighted by molar-refractivity contribution is 5.85. The van der Waals surface area contributed by atoms with E-state index in [9.17, 15) is 32.7 Å². The summed E-state index contributed by atoms with van der Waals surface area (Å²) in [6.07, 6.45) is 0.192. The van der Waals surface area contributed by atoms with Crippen LogP contribution in [0.15, 0.2) is 40.1 Å². The third-order valence-electron chi connectivity index (χ3n) is 4.83. The van der Waals surface area contributed by atoms with Crippen LogP contribution in [0.2, 0.25) is 0 Å². The Morgan fingerprint density at radius 1 is 1.31 bits per heavy atom. The number of nitrogens with zero attached hydrogens (tertiary/aromatic N) is 2. The van der Waals surface area contributed by atoms with Crippen LogP contribution in [-0.2, 0) is 4.79 Å². The lowest BCUT2D eigenvalue weighted by Gasteiger charge is -2.25. The first-order valence-corrected chi connectivity index (χ1v) is 9.66. The van der Waals surface area contributed by atoms with E-state index in [4.69, 9.17) is 0 Å². The Hall–Kier alpha value is -3.63. The fraction of sp³-hybridized carbons (Fsp3) is 0.333. The molecule has 32 heavy (non-hydrogen) atoms. The van der Waals surface area contributed by atoms with Gasteiger partial charge in [-0.1, -0.05) is 6.07 Å². The molecule has 0 aliphatic heterocycles. The Bertz CT molecular complexity index is 1300. The number of halogens is 3. The number of H-pyrrole nitrogens is 1. The van der Waals surface area contributed by atoms with Crippen molar-refractivity contribution < 1.29 is 23.1 Å². The van der Waals surface area contributed by atoms with Crippen LogP contribution in [0.4, 0.5) is 13.2 Å². The van der Waals surface area contributed by atoms with Gasteiger partial charge in [0.05, 0.1) is 23.4 Å². The number of nitrogens with one attached hydrogen (secondary N) is 2. The Kier molecular flexibility index (Phi) is 6.11. The van der Waals surface area contributed by atoms with E-state index < -0.39 is 58.7 Å². The van der Waals surface area contributed by atoms with Gasteiger partial charge in [0.15, 0.2) is 0 Å². The normalized spacial score (nSPS) is 13.7. The second-order valence-corrected chi connectivity index (χ2v) is 7.99. The van der Waals surface area contributed by atoms with Crippen molar-refractivity contribution in [2.24, 2.45) is 0 Å². The predicted molar refractivity (Wildman–Crippen MR) is 110 cm³/mol. The maximum Gasteiger partial charge on any atom is 0.329 e. The highest BCUT2D eigenvalue weighted by atomic mass is 19.1. The molecule has 3 aromatic rings. The first kappa shape index (κ1) is 23.0. The molecule has 2 aromatic heterocycles. The summed E-state index contributed by atoms with van der Waals surface area (Å²) in [6.45, 7) is 3.68. The van der Waals surface area contributed by atoms with Crippen LogP contribution in [0, 0.1) is 11.6 Å². The molecule has 11 heteroatoms. The highest BCUT2D eigenvalue weighted by Gasteiger charge is 2.33. The van der Waals surface area contributed by atoms with Gasteiger partial charge in [-0.15, -0.1) is 0 Å². The second kappa shape index (κ2) is 8.48. The molecule has 0 radical (unpaired) electrons. The zero-order valence-electron chi connectivity index (χ0n) is 17.4. The Labute approximate surface area is 179 Å². The molecule has 8 nitrogen and oxygen atoms in total. The summed E-state index contributed by atoms with van der Waals surface area (Å²) in [6, 6.07) is 1.90. The molecule has 0 bridgehead atoms. The first-order chi connectivity index (χ1) is 14.9. The molecule has 2 heterocycles. The summed E-state index contributed by atoms with van der Waals surface area (Å²) >= 11 is 0. The molecule has 3 rings (SSSR count). The zero-order chi connectivity index (χ0) is 23.8. The van der Waals surface area contributed by atoms with Crippen molar-refractivity contribution in [1.82, 2.24) is 19.9 Å². The van der Waals surface area contributed by atoms with Gasteiger partial charge in [0, 0.05) is 12.5 Å². The van der Waals surface area contributed by atoms with Crippen LogP contribution in [0.3, 0.4) is 0 Å². The number of hydrogen-bond donors (Lipinski definition) is 3. The Morgan fingerprint density at radius 2 is 2.00 bits per heavy atom. The summed E-state index contributed by atoms with van der Waals surface area (Å²) in [5.41, 5.74) is -4.21. The highest BCUT2D eigenvalue weighted by Crippen LogP contribution is 2.25. The summed E-state index contributed by atoms with van der Waals surface area (Å²) in [7, 11) is 0. The van der Waals surface area contributed by atoms with Crippen molar-refractivity contribution in [2.45, 2.75) is 44.9 Å². The van der Waals surface area contributed by atoms with Gasteiger partial charge in [-0.2, -0.15) is 0 Å². The van der Waals surface area contributed by atoms with E-state index in [1.165, 1.54) is 25.1 Å². The summed E-state index contributed by atoms with van der Waals surface area (Å²) < 4.78 is 42.2. The van der Waals surface area contributed by atoms with Crippen LogP contribution in [0.5, 0.6) is 5.75 Å². The number of rotatable bonds is 6. The number of phenolic OH excluding ortho intramolecular Hbond substituents is 1. The number of aromatic nitrogens is 3. The number of amides is 1.